The molecule has 0 aromatic heterocycles. The predicted octanol–water partition coefficient (Wildman–Crippen LogP) is 4.07. The summed E-state index contributed by atoms with van der Waals surface area (Å²) in [5.74, 6) is 0. The van der Waals surface area contributed by atoms with Gasteiger partial charge >= 0.3 is 24.1 Å². The standard InChI is InChI=1S/C14H18F9NO2/c1-25-8-10-4-2-6-24(10)9(3-5-10)7-26-11(12(15,16)17,13(18,19)20)14(21,22)23/h9H,2-8H2,1H3/t9-,10-/m0/s1. The quantitative estimate of drug-likeness (QED) is 0.646. The fourth-order valence-corrected chi connectivity index (χ4v) is 4.01. The van der Waals surface area contributed by atoms with Crippen molar-refractivity contribution in [3.63, 3.8) is 0 Å². The summed E-state index contributed by atoms with van der Waals surface area (Å²) in [6, 6.07) is -0.973. The third-order valence-corrected chi connectivity index (χ3v) is 5.14. The summed E-state index contributed by atoms with van der Waals surface area (Å²) in [5.41, 5.74) is -6.78. The van der Waals surface area contributed by atoms with Crippen molar-refractivity contribution in [1.82, 2.24) is 4.90 Å². The van der Waals surface area contributed by atoms with E-state index in [1.54, 1.807) is 4.90 Å². The van der Waals surface area contributed by atoms with Crippen molar-refractivity contribution in [1.29, 1.82) is 0 Å². The van der Waals surface area contributed by atoms with Crippen LogP contribution in [0.25, 0.3) is 0 Å². The normalized spacial score (nSPS) is 28.6. The maximum Gasteiger partial charge on any atom is 0.435 e. The van der Waals surface area contributed by atoms with E-state index in [2.05, 4.69) is 4.74 Å². The van der Waals surface area contributed by atoms with E-state index >= 15 is 0 Å². The van der Waals surface area contributed by atoms with E-state index in [1.807, 2.05) is 0 Å². The fraction of sp³-hybridized carbons (Fsp3) is 1.00. The minimum atomic E-state index is -6.70. The number of hydrogen-bond acceptors (Lipinski definition) is 3. The van der Waals surface area contributed by atoms with Crippen LogP contribution in [-0.2, 0) is 9.47 Å². The third kappa shape index (κ3) is 3.28. The second-order valence-corrected chi connectivity index (χ2v) is 6.63. The Morgan fingerprint density at radius 2 is 1.46 bits per heavy atom. The number of alkyl halides is 9. The Morgan fingerprint density at radius 1 is 0.923 bits per heavy atom. The van der Waals surface area contributed by atoms with Gasteiger partial charge < -0.3 is 9.47 Å². The summed E-state index contributed by atoms with van der Waals surface area (Å²) in [4.78, 5) is 1.62. The Balaban J connectivity index is 2.26. The summed E-state index contributed by atoms with van der Waals surface area (Å²) in [6.45, 7) is -0.773. The Morgan fingerprint density at radius 3 is 1.92 bits per heavy atom. The smallest absolute Gasteiger partial charge is 0.383 e. The average Bonchev–Trinajstić information content (AvgIpc) is 2.94. The van der Waals surface area contributed by atoms with Crippen LogP contribution in [0.1, 0.15) is 25.7 Å². The van der Waals surface area contributed by atoms with Crippen LogP contribution < -0.4 is 0 Å². The van der Waals surface area contributed by atoms with Crippen LogP contribution in [0.2, 0.25) is 0 Å². The van der Waals surface area contributed by atoms with E-state index in [0.29, 0.717) is 25.8 Å². The van der Waals surface area contributed by atoms with E-state index < -0.39 is 42.3 Å². The number of halogens is 9. The molecule has 2 rings (SSSR count). The fourth-order valence-electron chi connectivity index (χ4n) is 4.01. The topological polar surface area (TPSA) is 21.7 Å². The van der Waals surface area contributed by atoms with Gasteiger partial charge in [0.1, 0.15) is 0 Å². The lowest BCUT2D eigenvalue weighted by Crippen LogP contribution is -2.68. The van der Waals surface area contributed by atoms with Gasteiger partial charge in [-0.2, -0.15) is 39.5 Å². The van der Waals surface area contributed by atoms with Gasteiger partial charge in [-0.15, -0.1) is 0 Å². The first-order valence-corrected chi connectivity index (χ1v) is 7.82. The molecule has 2 aliphatic rings. The number of hydrogen-bond donors (Lipinski definition) is 0. The Labute approximate surface area is 143 Å². The predicted molar refractivity (Wildman–Crippen MR) is 70.4 cm³/mol. The first-order valence-electron chi connectivity index (χ1n) is 7.82. The highest BCUT2D eigenvalue weighted by Gasteiger charge is 2.85. The maximum absolute atomic E-state index is 12.9. The largest absolute Gasteiger partial charge is 0.435 e. The van der Waals surface area contributed by atoms with Crippen LogP contribution in [0.4, 0.5) is 39.5 Å². The Kier molecular flexibility index (Phi) is 5.55. The van der Waals surface area contributed by atoms with Crippen LogP contribution in [0.3, 0.4) is 0 Å². The van der Waals surface area contributed by atoms with Gasteiger partial charge in [-0.25, -0.2) is 0 Å². The van der Waals surface area contributed by atoms with Crippen LogP contribution in [0.15, 0.2) is 0 Å². The molecule has 0 saturated carbocycles. The second-order valence-electron chi connectivity index (χ2n) is 6.63. The lowest BCUT2D eigenvalue weighted by atomic mass is 9.95. The van der Waals surface area contributed by atoms with Crippen molar-refractivity contribution >= 4 is 0 Å². The van der Waals surface area contributed by atoms with E-state index in [4.69, 9.17) is 4.74 Å². The molecule has 0 aliphatic carbocycles. The van der Waals surface area contributed by atoms with Crippen molar-refractivity contribution in [2.75, 3.05) is 26.9 Å². The van der Waals surface area contributed by atoms with Crippen molar-refractivity contribution in [3.8, 4) is 0 Å². The minimum absolute atomic E-state index is 0.132. The van der Waals surface area contributed by atoms with E-state index in [1.165, 1.54) is 7.11 Å². The van der Waals surface area contributed by atoms with Gasteiger partial charge in [-0.3, -0.25) is 4.90 Å². The van der Waals surface area contributed by atoms with Crippen LogP contribution >= 0.6 is 0 Å². The van der Waals surface area contributed by atoms with Gasteiger partial charge in [0.2, 0.25) is 0 Å². The molecule has 12 heteroatoms. The summed E-state index contributed by atoms with van der Waals surface area (Å²) in [5, 5.41) is 0. The molecular weight excluding hydrogens is 385 g/mol. The summed E-state index contributed by atoms with van der Waals surface area (Å²) in [6.07, 6.45) is -18.3. The highest BCUT2D eigenvalue weighted by Crippen LogP contribution is 2.55. The van der Waals surface area contributed by atoms with E-state index in [0.717, 1.165) is 0 Å². The molecule has 2 aliphatic heterocycles. The lowest BCUT2D eigenvalue weighted by Gasteiger charge is -2.40. The molecular formula is C14H18F9NO2. The van der Waals surface area contributed by atoms with Crippen molar-refractivity contribution in [2.45, 2.75) is 61.4 Å². The van der Waals surface area contributed by atoms with Crippen molar-refractivity contribution < 1.29 is 49.0 Å². The zero-order valence-electron chi connectivity index (χ0n) is 13.7. The van der Waals surface area contributed by atoms with E-state index in [9.17, 15) is 39.5 Å². The summed E-state index contributed by atoms with van der Waals surface area (Å²) >= 11 is 0. The van der Waals surface area contributed by atoms with Gasteiger partial charge in [0.05, 0.1) is 13.2 Å². The molecule has 154 valence electrons. The molecule has 3 nitrogen and oxygen atoms in total. The molecule has 26 heavy (non-hydrogen) atoms. The lowest BCUT2D eigenvalue weighted by molar-refractivity contribution is -0.458. The van der Waals surface area contributed by atoms with E-state index in [-0.39, 0.29) is 13.0 Å². The highest BCUT2D eigenvalue weighted by molar-refractivity contribution is 5.06. The Bertz CT molecular complexity index is 466. The number of methoxy groups -OCH3 is 1. The van der Waals surface area contributed by atoms with Crippen LogP contribution in [0.5, 0.6) is 0 Å². The molecule has 0 aromatic carbocycles. The molecule has 0 bridgehead atoms. The molecule has 0 amide bonds. The summed E-state index contributed by atoms with van der Waals surface area (Å²) in [7, 11) is 1.40. The van der Waals surface area contributed by atoms with Crippen LogP contribution in [-0.4, -0.2) is 67.5 Å². The van der Waals surface area contributed by atoms with Crippen molar-refractivity contribution in [3.05, 3.63) is 0 Å². The molecule has 2 atom stereocenters. The molecule has 0 spiro atoms. The van der Waals surface area contributed by atoms with Gasteiger partial charge in [-0.1, -0.05) is 0 Å². The van der Waals surface area contributed by atoms with Gasteiger partial charge in [0.25, 0.3) is 0 Å². The van der Waals surface area contributed by atoms with Gasteiger partial charge in [0, 0.05) is 18.7 Å². The zero-order valence-corrected chi connectivity index (χ0v) is 13.7. The first kappa shape index (κ1) is 21.5. The number of ether oxygens (including phenoxy) is 2. The maximum atomic E-state index is 12.9. The summed E-state index contributed by atoms with van der Waals surface area (Å²) < 4.78 is 125. The number of nitrogens with zero attached hydrogens (tertiary/aromatic N) is 1. The highest BCUT2D eigenvalue weighted by atomic mass is 19.4. The van der Waals surface area contributed by atoms with Crippen molar-refractivity contribution in [2.24, 2.45) is 0 Å². The van der Waals surface area contributed by atoms with Gasteiger partial charge in [-0.05, 0) is 32.2 Å². The third-order valence-electron chi connectivity index (χ3n) is 5.14. The molecule has 2 saturated heterocycles. The van der Waals surface area contributed by atoms with Gasteiger partial charge in [0.15, 0.2) is 0 Å². The molecule has 2 fully saturated rings. The Hall–Kier alpha value is -0.750. The first-order chi connectivity index (χ1) is 11.7. The number of fused-ring (bicyclic) bond motifs is 1. The number of rotatable bonds is 5. The molecule has 0 aromatic rings. The molecule has 0 N–H and O–H groups in total. The SMILES string of the molecule is COC[C@@]12CCCN1[C@H](COC(C(F)(F)F)(C(F)(F)F)C(F)(F)F)CC2. The second kappa shape index (κ2) is 6.69. The van der Waals surface area contributed by atoms with Crippen LogP contribution in [0, 0.1) is 0 Å². The molecule has 0 radical (unpaired) electrons. The molecule has 0 unspecified atom stereocenters. The zero-order chi connectivity index (χ0) is 20.0. The average molecular weight is 403 g/mol. The minimum Gasteiger partial charge on any atom is -0.383 e. The molecule has 2 heterocycles. The monoisotopic (exact) mass is 403 g/mol.